The zero-order valence-corrected chi connectivity index (χ0v) is 12.2. The first-order valence-electron chi connectivity index (χ1n) is 7.08. The van der Waals surface area contributed by atoms with E-state index in [9.17, 15) is 9.59 Å². The van der Waals surface area contributed by atoms with Crippen molar-refractivity contribution in [2.75, 3.05) is 5.32 Å². The normalized spacial score (nSPS) is 21.5. The third kappa shape index (κ3) is 4.27. The highest BCUT2D eigenvalue weighted by atomic mass is 16.4. The van der Waals surface area contributed by atoms with Gasteiger partial charge in [0.2, 0.25) is 5.91 Å². The van der Waals surface area contributed by atoms with Crippen LogP contribution >= 0.6 is 0 Å². The summed E-state index contributed by atoms with van der Waals surface area (Å²) in [6.07, 6.45) is 0.735. The molecule has 0 spiro atoms. The van der Waals surface area contributed by atoms with Crippen molar-refractivity contribution in [2.24, 2.45) is 5.92 Å². The Balaban J connectivity index is 1.89. The topological polar surface area (TPSA) is 90.5 Å². The van der Waals surface area contributed by atoms with Gasteiger partial charge < -0.3 is 10.4 Å². The lowest BCUT2D eigenvalue weighted by Crippen LogP contribution is -2.40. The van der Waals surface area contributed by atoms with Crippen molar-refractivity contribution in [1.82, 2.24) is 10.9 Å². The Hall–Kier alpha value is -1.92. The molecule has 4 N–H and O–H groups in total. The molecule has 6 nitrogen and oxygen atoms in total. The van der Waals surface area contributed by atoms with Crippen LogP contribution in [0.4, 0.5) is 5.69 Å². The first kappa shape index (κ1) is 15.5. The Morgan fingerprint density at radius 2 is 1.95 bits per heavy atom. The number of carboxylic acids is 1. The number of carbonyl (C=O) groups excluding carboxylic acids is 1. The summed E-state index contributed by atoms with van der Waals surface area (Å²) in [4.78, 5) is 22.7. The number of amides is 1. The van der Waals surface area contributed by atoms with Gasteiger partial charge in [-0.3, -0.25) is 15.0 Å². The van der Waals surface area contributed by atoms with E-state index in [1.165, 1.54) is 0 Å². The summed E-state index contributed by atoms with van der Waals surface area (Å²) in [5, 5.41) is 11.5. The van der Waals surface area contributed by atoms with Crippen molar-refractivity contribution in [3.63, 3.8) is 0 Å². The second-order valence-electron chi connectivity index (χ2n) is 5.68. The molecule has 0 aromatic heterocycles. The second-order valence-corrected chi connectivity index (χ2v) is 5.68. The number of nitrogens with one attached hydrogen (secondary N) is 3. The summed E-state index contributed by atoms with van der Waals surface area (Å²) in [6, 6.07) is 6.90. The number of carboxylic acid groups (broad SMARTS) is 1. The van der Waals surface area contributed by atoms with E-state index in [-0.39, 0.29) is 18.4 Å². The molecule has 2 rings (SSSR count). The Morgan fingerprint density at radius 3 is 2.48 bits per heavy atom. The number of hydrazine groups is 1. The molecule has 114 valence electrons. The van der Waals surface area contributed by atoms with Gasteiger partial charge >= 0.3 is 5.97 Å². The molecule has 1 amide bonds. The summed E-state index contributed by atoms with van der Waals surface area (Å²) in [7, 11) is 0. The van der Waals surface area contributed by atoms with Crippen LogP contribution in [0.3, 0.4) is 0 Å². The third-order valence-electron chi connectivity index (χ3n) is 3.63. The standard InChI is InChI=1S/C15H21N3O3/c1-9(2)12-8-13(18-17-12)15(21)16-11-5-3-10(4-6-11)7-14(19)20/h3-6,9,12-13,17-18H,7-8H2,1-2H3,(H,16,21)(H,19,20). The predicted molar refractivity (Wildman–Crippen MR) is 79.7 cm³/mol. The van der Waals surface area contributed by atoms with Crippen LogP contribution in [0.15, 0.2) is 24.3 Å². The second kappa shape index (κ2) is 6.69. The number of aliphatic carboxylic acids is 1. The lowest BCUT2D eigenvalue weighted by atomic mass is 9.99. The van der Waals surface area contributed by atoms with Gasteiger partial charge in [0.25, 0.3) is 0 Å². The van der Waals surface area contributed by atoms with E-state index in [1.807, 2.05) is 0 Å². The van der Waals surface area contributed by atoms with Crippen LogP contribution in [0.25, 0.3) is 0 Å². The Kier molecular flexibility index (Phi) is 4.93. The van der Waals surface area contributed by atoms with E-state index >= 15 is 0 Å². The average Bonchev–Trinajstić information content (AvgIpc) is 2.90. The summed E-state index contributed by atoms with van der Waals surface area (Å²) >= 11 is 0. The largest absolute Gasteiger partial charge is 0.481 e. The van der Waals surface area contributed by atoms with Crippen molar-refractivity contribution < 1.29 is 14.7 Å². The van der Waals surface area contributed by atoms with Crippen molar-refractivity contribution in [3.05, 3.63) is 29.8 Å². The maximum atomic E-state index is 12.1. The minimum absolute atomic E-state index is 0.0155. The molecule has 1 aliphatic rings. The molecular formula is C15H21N3O3. The highest BCUT2D eigenvalue weighted by molar-refractivity contribution is 5.95. The fraction of sp³-hybridized carbons (Fsp3) is 0.467. The van der Waals surface area contributed by atoms with Crippen molar-refractivity contribution in [1.29, 1.82) is 0 Å². The first-order chi connectivity index (χ1) is 9.95. The predicted octanol–water partition coefficient (Wildman–Crippen LogP) is 1.14. The van der Waals surface area contributed by atoms with Crippen molar-refractivity contribution in [3.8, 4) is 0 Å². The van der Waals surface area contributed by atoms with Gasteiger partial charge in [-0.15, -0.1) is 0 Å². The minimum Gasteiger partial charge on any atom is -0.481 e. The Morgan fingerprint density at radius 1 is 1.29 bits per heavy atom. The number of hydrogen-bond acceptors (Lipinski definition) is 4. The maximum absolute atomic E-state index is 12.1. The highest BCUT2D eigenvalue weighted by Crippen LogP contribution is 2.16. The molecule has 1 aromatic carbocycles. The fourth-order valence-corrected chi connectivity index (χ4v) is 2.30. The molecule has 1 heterocycles. The van der Waals surface area contributed by atoms with Crippen LogP contribution in [-0.2, 0) is 16.0 Å². The van der Waals surface area contributed by atoms with Gasteiger partial charge in [-0.1, -0.05) is 26.0 Å². The maximum Gasteiger partial charge on any atom is 0.307 e. The van der Waals surface area contributed by atoms with E-state index in [0.29, 0.717) is 23.2 Å². The van der Waals surface area contributed by atoms with Gasteiger partial charge in [-0.25, -0.2) is 5.43 Å². The zero-order chi connectivity index (χ0) is 15.4. The van der Waals surface area contributed by atoms with Crippen LogP contribution in [0.2, 0.25) is 0 Å². The number of anilines is 1. The molecule has 0 radical (unpaired) electrons. The number of rotatable bonds is 5. The molecule has 0 saturated carbocycles. The highest BCUT2D eigenvalue weighted by Gasteiger charge is 2.30. The average molecular weight is 291 g/mol. The lowest BCUT2D eigenvalue weighted by molar-refractivity contribution is -0.136. The van der Waals surface area contributed by atoms with Crippen LogP contribution in [-0.4, -0.2) is 29.1 Å². The molecule has 21 heavy (non-hydrogen) atoms. The summed E-state index contributed by atoms with van der Waals surface area (Å²) in [6.45, 7) is 4.22. The zero-order valence-electron chi connectivity index (χ0n) is 12.2. The molecule has 1 aromatic rings. The monoisotopic (exact) mass is 291 g/mol. The number of carbonyl (C=O) groups is 2. The van der Waals surface area contributed by atoms with Gasteiger partial charge in [0.1, 0.15) is 6.04 Å². The molecule has 0 bridgehead atoms. The van der Waals surface area contributed by atoms with E-state index in [2.05, 4.69) is 30.0 Å². The van der Waals surface area contributed by atoms with E-state index in [0.717, 1.165) is 6.42 Å². The van der Waals surface area contributed by atoms with Crippen LogP contribution in [0.1, 0.15) is 25.8 Å². The van der Waals surface area contributed by atoms with Crippen molar-refractivity contribution in [2.45, 2.75) is 38.8 Å². The molecule has 2 atom stereocenters. The number of hydrogen-bond donors (Lipinski definition) is 4. The summed E-state index contributed by atoms with van der Waals surface area (Å²) < 4.78 is 0. The smallest absolute Gasteiger partial charge is 0.307 e. The summed E-state index contributed by atoms with van der Waals surface area (Å²) in [5.74, 6) is -0.491. The van der Waals surface area contributed by atoms with Gasteiger partial charge in [-0.2, -0.15) is 0 Å². The molecule has 1 aliphatic heterocycles. The molecule has 0 aliphatic carbocycles. The van der Waals surface area contributed by atoms with Crippen LogP contribution in [0.5, 0.6) is 0 Å². The Labute approximate surface area is 123 Å². The third-order valence-corrected chi connectivity index (χ3v) is 3.63. The summed E-state index contributed by atoms with van der Waals surface area (Å²) in [5.41, 5.74) is 7.51. The van der Waals surface area contributed by atoms with Crippen LogP contribution in [0, 0.1) is 5.92 Å². The van der Waals surface area contributed by atoms with Crippen LogP contribution < -0.4 is 16.2 Å². The van der Waals surface area contributed by atoms with E-state index in [4.69, 9.17) is 5.11 Å². The Bertz CT molecular complexity index is 513. The molecular weight excluding hydrogens is 270 g/mol. The van der Waals surface area contributed by atoms with Gasteiger partial charge in [0.15, 0.2) is 0 Å². The van der Waals surface area contributed by atoms with Gasteiger partial charge in [0.05, 0.1) is 6.42 Å². The SMILES string of the molecule is CC(C)C1CC(C(=O)Nc2ccc(CC(=O)O)cc2)NN1. The number of benzene rings is 1. The van der Waals surface area contributed by atoms with Crippen molar-refractivity contribution >= 4 is 17.6 Å². The first-order valence-corrected chi connectivity index (χ1v) is 7.08. The molecule has 1 saturated heterocycles. The quantitative estimate of drug-likeness (QED) is 0.653. The van der Waals surface area contributed by atoms with Gasteiger partial charge in [0, 0.05) is 11.7 Å². The van der Waals surface area contributed by atoms with E-state index in [1.54, 1.807) is 24.3 Å². The fourth-order valence-electron chi connectivity index (χ4n) is 2.30. The van der Waals surface area contributed by atoms with E-state index < -0.39 is 5.97 Å². The molecule has 1 fully saturated rings. The lowest BCUT2D eigenvalue weighted by Gasteiger charge is -2.13. The minimum atomic E-state index is -0.868. The molecule has 2 unspecified atom stereocenters. The molecule has 6 heteroatoms. The van der Waals surface area contributed by atoms with Gasteiger partial charge in [-0.05, 0) is 30.0 Å².